The number of ether oxygens (including phenoxy) is 1. The van der Waals surface area contributed by atoms with Crippen LogP contribution in [-0.4, -0.2) is 34.5 Å². The molecule has 5 rings (SSSR count). The summed E-state index contributed by atoms with van der Waals surface area (Å²) in [6.07, 6.45) is 9.18. The van der Waals surface area contributed by atoms with E-state index in [-0.39, 0.29) is 22.9 Å². The van der Waals surface area contributed by atoms with E-state index in [9.17, 15) is 15.0 Å². The molecule has 1 aromatic rings. The van der Waals surface area contributed by atoms with Crippen LogP contribution in [0.3, 0.4) is 0 Å². The van der Waals surface area contributed by atoms with E-state index in [1.165, 1.54) is 30.4 Å². The second-order valence-corrected chi connectivity index (χ2v) is 14.2. The Balaban J connectivity index is 1.34. The first-order chi connectivity index (χ1) is 18.0. The van der Waals surface area contributed by atoms with Crippen LogP contribution in [0, 0.1) is 40.4 Å². The van der Waals surface area contributed by atoms with E-state index in [1.807, 2.05) is 30.3 Å². The maximum absolute atomic E-state index is 12.7. The number of fused-ring (bicyclic) bond motifs is 4. The van der Waals surface area contributed by atoms with Crippen molar-refractivity contribution in [1.29, 1.82) is 0 Å². The number of hydrogen-bond donors (Lipinski definition) is 2. The van der Waals surface area contributed by atoms with Crippen molar-refractivity contribution < 1.29 is 19.7 Å². The zero-order chi connectivity index (χ0) is 27.2. The van der Waals surface area contributed by atoms with Crippen LogP contribution in [0.2, 0.25) is 0 Å². The van der Waals surface area contributed by atoms with Crippen molar-refractivity contribution >= 4 is 5.97 Å². The van der Waals surface area contributed by atoms with Gasteiger partial charge in [-0.3, -0.25) is 0 Å². The molecule has 3 fully saturated rings. The van der Waals surface area contributed by atoms with Gasteiger partial charge in [0.2, 0.25) is 0 Å². The van der Waals surface area contributed by atoms with E-state index in [1.54, 1.807) is 0 Å². The number of aliphatic hydroxyl groups is 2. The second kappa shape index (κ2) is 10.7. The lowest BCUT2D eigenvalue weighted by molar-refractivity contribution is -0.0731. The van der Waals surface area contributed by atoms with Crippen molar-refractivity contribution in [2.75, 3.05) is 0 Å². The molecule has 4 aliphatic rings. The summed E-state index contributed by atoms with van der Waals surface area (Å²) in [6.45, 7) is 11.8. The predicted molar refractivity (Wildman–Crippen MR) is 152 cm³/mol. The number of hydrogen-bond acceptors (Lipinski definition) is 4. The van der Waals surface area contributed by atoms with Crippen LogP contribution in [-0.2, 0) is 4.74 Å². The minimum atomic E-state index is -0.499. The Morgan fingerprint density at radius 1 is 0.974 bits per heavy atom. The topological polar surface area (TPSA) is 66.8 Å². The summed E-state index contributed by atoms with van der Waals surface area (Å²) in [5.41, 5.74) is 3.08. The van der Waals surface area contributed by atoms with Crippen molar-refractivity contribution in [3.05, 3.63) is 47.0 Å². The SMILES string of the molecule is CC(C)CCC[C@@H](C)C1C[C@H](O)C2=C3C(CCC21C)C1(C)CC[C@H](OC(=O)c2ccccc2)C[C@@H]1C[C@H]3O. The maximum atomic E-state index is 12.7. The van der Waals surface area contributed by atoms with Crippen LogP contribution in [0.1, 0.15) is 109 Å². The van der Waals surface area contributed by atoms with Crippen molar-refractivity contribution in [3.8, 4) is 0 Å². The first kappa shape index (κ1) is 27.9. The lowest BCUT2D eigenvalue weighted by atomic mass is 9.48. The molecule has 0 radical (unpaired) electrons. The fraction of sp³-hybridized carbons (Fsp3) is 0.735. The third-order valence-electron chi connectivity index (χ3n) is 11.4. The zero-order valence-electron chi connectivity index (χ0n) is 24.3. The molecule has 0 amide bonds. The van der Waals surface area contributed by atoms with Gasteiger partial charge in [-0.05, 0) is 109 Å². The molecule has 210 valence electrons. The van der Waals surface area contributed by atoms with Gasteiger partial charge in [0.05, 0.1) is 17.8 Å². The van der Waals surface area contributed by atoms with E-state index in [0.29, 0.717) is 35.7 Å². The molecule has 4 heteroatoms. The molecular formula is C34H50O4. The van der Waals surface area contributed by atoms with Gasteiger partial charge in [-0.2, -0.15) is 0 Å². The number of aliphatic hydroxyl groups excluding tert-OH is 2. The molecule has 0 aliphatic heterocycles. The summed E-state index contributed by atoms with van der Waals surface area (Å²) in [5, 5.41) is 23.1. The summed E-state index contributed by atoms with van der Waals surface area (Å²) < 4.78 is 5.96. The summed E-state index contributed by atoms with van der Waals surface area (Å²) in [7, 11) is 0. The summed E-state index contributed by atoms with van der Waals surface area (Å²) >= 11 is 0. The highest BCUT2D eigenvalue weighted by atomic mass is 16.5. The fourth-order valence-electron chi connectivity index (χ4n) is 9.34. The molecule has 0 bridgehead atoms. The van der Waals surface area contributed by atoms with Crippen molar-refractivity contribution in [2.24, 2.45) is 40.4 Å². The number of esters is 1. The van der Waals surface area contributed by atoms with Crippen LogP contribution < -0.4 is 0 Å². The average Bonchev–Trinajstić information content (AvgIpc) is 3.15. The molecular weight excluding hydrogens is 472 g/mol. The molecule has 4 aliphatic carbocycles. The number of rotatable bonds is 7. The van der Waals surface area contributed by atoms with E-state index >= 15 is 0 Å². The molecule has 3 saturated carbocycles. The molecule has 9 atom stereocenters. The third-order valence-corrected chi connectivity index (χ3v) is 11.4. The van der Waals surface area contributed by atoms with Crippen LogP contribution in [0.5, 0.6) is 0 Å². The Bertz CT molecular complexity index is 1030. The summed E-state index contributed by atoms with van der Waals surface area (Å²) in [6, 6.07) is 9.26. The molecule has 0 spiro atoms. The summed E-state index contributed by atoms with van der Waals surface area (Å²) in [4.78, 5) is 12.7. The lowest BCUT2D eigenvalue weighted by Gasteiger charge is -2.58. The Morgan fingerprint density at radius 3 is 2.42 bits per heavy atom. The Labute approximate surface area is 230 Å². The summed E-state index contributed by atoms with van der Waals surface area (Å²) in [5.74, 6) is 2.20. The highest BCUT2D eigenvalue weighted by molar-refractivity contribution is 5.89. The van der Waals surface area contributed by atoms with Gasteiger partial charge >= 0.3 is 5.97 Å². The monoisotopic (exact) mass is 522 g/mol. The molecule has 4 nitrogen and oxygen atoms in total. The lowest BCUT2D eigenvalue weighted by Crippen LogP contribution is -2.52. The van der Waals surface area contributed by atoms with Crippen LogP contribution >= 0.6 is 0 Å². The first-order valence-electron chi connectivity index (χ1n) is 15.4. The smallest absolute Gasteiger partial charge is 0.338 e. The van der Waals surface area contributed by atoms with Gasteiger partial charge in [-0.25, -0.2) is 4.79 Å². The minimum Gasteiger partial charge on any atom is -0.459 e. The number of carbonyl (C=O) groups excluding carboxylic acids is 1. The molecule has 2 N–H and O–H groups in total. The van der Waals surface area contributed by atoms with Gasteiger partial charge in [-0.1, -0.05) is 72.1 Å². The van der Waals surface area contributed by atoms with Gasteiger partial charge in [0.25, 0.3) is 0 Å². The Morgan fingerprint density at radius 2 is 1.71 bits per heavy atom. The fourth-order valence-corrected chi connectivity index (χ4v) is 9.34. The van der Waals surface area contributed by atoms with E-state index in [0.717, 1.165) is 44.4 Å². The van der Waals surface area contributed by atoms with Crippen LogP contribution in [0.25, 0.3) is 0 Å². The highest BCUT2D eigenvalue weighted by Gasteiger charge is 2.60. The minimum absolute atomic E-state index is 0.00487. The molecule has 38 heavy (non-hydrogen) atoms. The molecule has 4 unspecified atom stereocenters. The first-order valence-corrected chi connectivity index (χ1v) is 15.4. The van der Waals surface area contributed by atoms with Crippen molar-refractivity contribution in [1.82, 2.24) is 0 Å². The van der Waals surface area contributed by atoms with E-state index in [4.69, 9.17) is 4.74 Å². The maximum Gasteiger partial charge on any atom is 0.338 e. The van der Waals surface area contributed by atoms with Crippen LogP contribution in [0.15, 0.2) is 41.5 Å². The zero-order valence-corrected chi connectivity index (χ0v) is 24.3. The Hall–Kier alpha value is -1.65. The Kier molecular flexibility index (Phi) is 7.88. The van der Waals surface area contributed by atoms with Gasteiger partial charge in [0, 0.05) is 0 Å². The highest BCUT2D eigenvalue weighted by Crippen LogP contribution is 2.66. The van der Waals surface area contributed by atoms with Crippen LogP contribution in [0.4, 0.5) is 0 Å². The average molecular weight is 523 g/mol. The molecule has 1 aromatic carbocycles. The quantitative estimate of drug-likeness (QED) is 0.290. The van der Waals surface area contributed by atoms with Gasteiger partial charge < -0.3 is 14.9 Å². The van der Waals surface area contributed by atoms with Crippen molar-refractivity contribution in [2.45, 2.75) is 117 Å². The van der Waals surface area contributed by atoms with Gasteiger partial charge in [0.15, 0.2) is 0 Å². The van der Waals surface area contributed by atoms with Gasteiger partial charge in [-0.15, -0.1) is 0 Å². The molecule has 0 aromatic heterocycles. The van der Waals surface area contributed by atoms with E-state index in [2.05, 4.69) is 34.6 Å². The largest absolute Gasteiger partial charge is 0.459 e. The van der Waals surface area contributed by atoms with E-state index < -0.39 is 12.2 Å². The number of benzene rings is 1. The standard InChI is InChI=1S/C34H50O4/c1-21(2)10-9-11-22(3)27-20-29(36)31-30-26(15-17-34(27,31)5)33(4)16-14-25(18-24(33)19-28(30)35)38-32(37)23-12-7-6-8-13-23/h6-8,12-13,21-22,24-29,35-36H,9-11,14-20H2,1-5H3/t22-,24-,25+,26?,27?,28-,29+,33?,34?/m1/s1. The van der Waals surface area contributed by atoms with Gasteiger partial charge in [0.1, 0.15) is 6.10 Å². The molecule has 0 heterocycles. The number of carbonyl (C=O) groups is 1. The predicted octanol–water partition coefficient (Wildman–Crippen LogP) is 7.34. The second-order valence-electron chi connectivity index (χ2n) is 14.2. The normalized spacial score (nSPS) is 39.4. The third kappa shape index (κ3) is 4.89. The van der Waals surface area contributed by atoms with Crippen molar-refractivity contribution in [3.63, 3.8) is 0 Å². The molecule has 0 saturated heterocycles.